The van der Waals surface area contributed by atoms with Crippen LogP contribution in [0.25, 0.3) is 0 Å². The molecule has 40 heavy (non-hydrogen) atoms. The summed E-state index contributed by atoms with van der Waals surface area (Å²) in [7, 11) is 1.65. The standard InChI is InChI=1S/C33H46ClN3O2S/c1-3-4-5-6-7-8-9-10-11-12-13-14-22-39-32-24-29(17-20-31(32)34)26-37(33(38)35-2)30-18-15-28(16-19-30)25-36-21-23-40-27-36/h15-21,23-24,27H,3-14,22,25-26H2,1-2H3/p+1. The van der Waals surface area contributed by atoms with Gasteiger partial charge in [-0.05, 0) is 36.2 Å². The summed E-state index contributed by atoms with van der Waals surface area (Å²) < 4.78 is 8.20. The van der Waals surface area contributed by atoms with Gasteiger partial charge in [0.2, 0.25) is 5.51 Å². The monoisotopic (exact) mass is 584 g/mol. The predicted molar refractivity (Wildman–Crippen MR) is 169 cm³/mol. The van der Waals surface area contributed by atoms with Crippen LogP contribution in [0.15, 0.2) is 59.6 Å². The first-order valence-corrected chi connectivity index (χ1v) is 16.3. The smallest absolute Gasteiger partial charge is 0.321 e. The molecule has 5 nitrogen and oxygen atoms in total. The van der Waals surface area contributed by atoms with Gasteiger partial charge in [0.15, 0.2) is 12.7 Å². The summed E-state index contributed by atoms with van der Waals surface area (Å²) >= 11 is 8.12. The molecule has 3 rings (SSSR count). The summed E-state index contributed by atoms with van der Waals surface area (Å²) in [6.07, 6.45) is 17.9. The molecule has 1 N–H and O–H groups in total. The molecule has 0 spiro atoms. The number of unbranched alkanes of at least 4 members (excludes halogenated alkanes) is 11. The first-order valence-electron chi connectivity index (χ1n) is 15.0. The quantitative estimate of drug-likeness (QED) is 0.113. The molecule has 2 amide bonds. The number of halogens is 1. The highest BCUT2D eigenvalue weighted by Crippen LogP contribution is 2.28. The van der Waals surface area contributed by atoms with Gasteiger partial charge >= 0.3 is 6.03 Å². The largest absolute Gasteiger partial charge is 0.492 e. The van der Waals surface area contributed by atoms with E-state index in [9.17, 15) is 4.79 Å². The van der Waals surface area contributed by atoms with Crippen LogP contribution in [0, 0.1) is 0 Å². The van der Waals surface area contributed by atoms with Crippen molar-refractivity contribution in [1.29, 1.82) is 0 Å². The minimum absolute atomic E-state index is 0.158. The Morgan fingerprint density at radius 1 is 0.900 bits per heavy atom. The highest BCUT2D eigenvalue weighted by atomic mass is 35.5. The maximum atomic E-state index is 12.8. The van der Waals surface area contributed by atoms with Crippen molar-refractivity contribution in [2.24, 2.45) is 0 Å². The molecule has 0 unspecified atom stereocenters. The van der Waals surface area contributed by atoms with E-state index in [0.29, 0.717) is 23.9 Å². The van der Waals surface area contributed by atoms with Gasteiger partial charge in [-0.15, -0.1) is 0 Å². The fraction of sp³-hybridized carbons (Fsp3) is 0.515. The zero-order valence-electron chi connectivity index (χ0n) is 24.4. The van der Waals surface area contributed by atoms with Crippen LogP contribution in [0.4, 0.5) is 10.5 Å². The molecule has 0 fully saturated rings. The zero-order valence-corrected chi connectivity index (χ0v) is 25.9. The molecule has 0 bridgehead atoms. The lowest BCUT2D eigenvalue weighted by molar-refractivity contribution is -0.683. The molecule has 1 heterocycles. The number of rotatable bonds is 19. The second-order valence-corrected chi connectivity index (χ2v) is 11.7. The summed E-state index contributed by atoms with van der Waals surface area (Å²) in [6.45, 7) is 4.15. The third kappa shape index (κ3) is 11.5. The van der Waals surface area contributed by atoms with Gasteiger partial charge in [-0.1, -0.05) is 119 Å². The van der Waals surface area contributed by atoms with Gasteiger partial charge in [0, 0.05) is 18.3 Å². The summed E-state index contributed by atoms with van der Waals surface area (Å²) in [6, 6.07) is 13.8. The molecule has 0 saturated carbocycles. The number of carbonyl (C=O) groups excluding carboxylic acids is 1. The van der Waals surface area contributed by atoms with Crippen molar-refractivity contribution >= 4 is 34.7 Å². The average molecular weight is 585 g/mol. The Kier molecular flexibility index (Phi) is 15.0. The topological polar surface area (TPSA) is 45.5 Å². The molecular weight excluding hydrogens is 538 g/mol. The number of nitrogens with one attached hydrogen (secondary N) is 1. The number of ether oxygens (including phenoxy) is 1. The van der Waals surface area contributed by atoms with Crippen molar-refractivity contribution in [1.82, 2.24) is 5.32 Å². The predicted octanol–water partition coefficient (Wildman–Crippen LogP) is 9.16. The lowest BCUT2D eigenvalue weighted by atomic mass is 10.1. The Balaban J connectivity index is 1.43. The molecule has 0 atom stereocenters. The van der Waals surface area contributed by atoms with Crippen LogP contribution in [0.5, 0.6) is 5.75 Å². The zero-order chi connectivity index (χ0) is 28.4. The number of aromatic nitrogens is 1. The number of thiazole rings is 1. The lowest BCUT2D eigenvalue weighted by Gasteiger charge is -2.23. The van der Waals surface area contributed by atoms with Crippen molar-refractivity contribution in [3.05, 3.63) is 75.7 Å². The first kappa shape index (κ1) is 32.0. The van der Waals surface area contributed by atoms with Crippen LogP contribution in [0.3, 0.4) is 0 Å². The number of anilines is 1. The van der Waals surface area contributed by atoms with Crippen LogP contribution < -0.4 is 19.5 Å². The van der Waals surface area contributed by atoms with Crippen molar-refractivity contribution in [2.45, 2.75) is 97.1 Å². The number of amides is 2. The normalized spacial score (nSPS) is 11.0. The van der Waals surface area contributed by atoms with E-state index in [-0.39, 0.29) is 6.03 Å². The Bertz CT molecular complexity index is 1110. The minimum Gasteiger partial charge on any atom is -0.492 e. The van der Waals surface area contributed by atoms with Gasteiger partial charge in [0.25, 0.3) is 0 Å². The molecule has 0 radical (unpaired) electrons. The highest BCUT2D eigenvalue weighted by Gasteiger charge is 2.16. The van der Waals surface area contributed by atoms with Crippen LogP contribution in [-0.2, 0) is 13.1 Å². The molecule has 218 valence electrons. The van der Waals surface area contributed by atoms with Gasteiger partial charge in [0.05, 0.1) is 23.6 Å². The molecule has 0 aliphatic rings. The van der Waals surface area contributed by atoms with Crippen molar-refractivity contribution < 1.29 is 14.1 Å². The molecule has 0 saturated heterocycles. The lowest BCUT2D eigenvalue weighted by Crippen LogP contribution is -2.37. The second kappa shape index (κ2) is 18.7. The third-order valence-electron chi connectivity index (χ3n) is 7.19. The fourth-order valence-electron chi connectivity index (χ4n) is 4.82. The van der Waals surface area contributed by atoms with Crippen LogP contribution in [0.2, 0.25) is 5.02 Å². The molecule has 0 aliphatic heterocycles. The van der Waals surface area contributed by atoms with Gasteiger partial charge in [0.1, 0.15) is 5.75 Å². The maximum Gasteiger partial charge on any atom is 0.321 e. The van der Waals surface area contributed by atoms with Crippen molar-refractivity contribution in [3.63, 3.8) is 0 Å². The molecule has 0 aliphatic carbocycles. The summed E-state index contributed by atoms with van der Waals surface area (Å²) in [5.41, 5.74) is 5.08. The first-order chi connectivity index (χ1) is 19.6. The van der Waals surface area contributed by atoms with Crippen LogP contribution >= 0.6 is 22.9 Å². The van der Waals surface area contributed by atoms with E-state index >= 15 is 0 Å². The van der Waals surface area contributed by atoms with E-state index in [2.05, 4.69) is 46.0 Å². The Morgan fingerprint density at radius 3 is 2.12 bits per heavy atom. The SMILES string of the molecule is CCCCCCCCCCCCCCOc1cc(CN(C(=O)NC)c2ccc(C[n+]3ccsc3)cc2)ccc1Cl. The van der Waals surface area contributed by atoms with E-state index in [1.807, 2.05) is 30.3 Å². The highest BCUT2D eigenvalue weighted by molar-refractivity contribution is 7.07. The molecule has 3 aromatic rings. The fourth-order valence-corrected chi connectivity index (χ4v) is 5.59. The molecular formula is C33H47ClN3O2S+. The summed E-state index contributed by atoms with van der Waals surface area (Å²) in [4.78, 5) is 14.5. The van der Waals surface area contributed by atoms with Crippen molar-refractivity contribution in [2.75, 3.05) is 18.6 Å². The van der Waals surface area contributed by atoms with E-state index in [0.717, 1.165) is 24.2 Å². The minimum atomic E-state index is -0.158. The average Bonchev–Trinajstić information content (AvgIpc) is 3.49. The molecule has 1 aromatic heterocycles. The Morgan fingerprint density at radius 2 is 1.52 bits per heavy atom. The number of hydrogen-bond acceptors (Lipinski definition) is 3. The Hall–Kier alpha value is -2.57. The summed E-state index contributed by atoms with van der Waals surface area (Å²) in [5.74, 6) is 0.683. The number of urea groups is 1. The van der Waals surface area contributed by atoms with E-state index < -0.39 is 0 Å². The van der Waals surface area contributed by atoms with Gasteiger partial charge in [-0.25, -0.2) is 4.79 Å². The van der Waals surface area contributed by atoms with E-state index in [1.165, 1.54) is 76.2 Å². The number of hydrogen-bond donors (Lipinski definition) is 1. The van der Waals surface area contributed by atoms with Crippen LogP contribution in [-0.4, -0.2) is 19.7 Å². The number of carbonyl (C=O) groups is 1. The van der Waals surface area contributed by atoms with Gasteiger partial charge < -0.3 is 10.1 Å². The second-order valence-electron chi connectivity index (χ2n) is 10.5. The number of nitrogens with zero attached hydrogens (tertiary/aromatic N) is 2. The van der Waals surface area contributed by atoms with Crippen molar-refractivity contribution in [3.8, 4) is 5.75 Å². The van der Waals surface area contributed by atoms with Crippen LogP contribution in [0.1, 0.15) is 95.1 Å². The number of benzene rings is 2. The summed E-state index contributed by atoms with van der Waals surface area (Å²) in [5, 5.41) is 5.43. The molecule has 7 heteroatoms. The maximum absolute atomic E-state index is 12.8. The van der Waals surface area contributed by atoms with E-state index in [1.54, 1.807) is 23.3 Å². The van der Waals surface area contributed by atoms with Gasteiger partial charge in [-0.3, -0.25) is 4.90 Å². The van der Waals surface area contributed by atoms with Gasteiger partial charge in [-0.2, -0.15) is 4.57 Å². The third-order valence-corrected chi connectivity index (χ3v) is 8.17. The van der Waals surface area contributed by atoms with E-state index in [4.69, 9.17) is 16.3 Å². The Labute approximate surface area is 250 Å². The molecule has 2 aromatic carbocycles.